The SMILES string of the molecule is CC(C)=CCC/C(C)=C/[C@@H](C)OC(=O)c1ccccn1. The van der Waals surface area contributed by atoms with Crippen LogP contribution in [0.25, 0.3) is 0 Å². The monoisotopic (exact) mass is 273 g/mol. The predicted octanol–water partition coefficient (Wildman–Crippen LogP) is 4.32. The van der Waals surface area contributed by atoms with Gasteiger partial charge in [-0.2, -0.15) is 0 Å². The standard InChI is InChI=1S/C17H23NO2/c1-13(2)8-7-9-14(3)12-15(4)20-17(19)16-10-5-6-11-18-16/h5-6,8,10-12,15H,7,9H2,1-4H3/b14-12+/t15-/m1/s1. The van der Waals surface area contributed by atoms with Gasteiger partial charge in [0.05, 0.1) is 0 Å². The quantitative estimate of drug-likeness (QED) is 0.572. The fraction of sp³-hybridized carbons (Fsp3) is 0.412. The molecule has 108 valence electrons. The second kappa shape index (κ2) is 8.31. The van der Waals surface area contributed by atoms with Crippen molar-refractivity contribution in [3.63, 3.8) is 0 Å². The Morgan fingerprint density at radius 2 is 2.10 bits per heavy atom. The first-order valence-electron chi connectivity index (χ1n) is 6.91. The van der Waals surface area contributed by atoms with Crippen molar-refractivity contribution in [3.05, 3.63) is 53.4 Å². The molecule has 1 heterocycles. The molecule has 0 aliphatic carbocycles. The molecule has 0 aromatic carbocycles. The maximum Gasteiger partial charge on any atom is 0.357 e. The van der Waals surface area contributed by atoms with E-state index < -0.39 is 0 Å². The van der Waals surface area contributed by atoms with Crippen molar-refractivity contribution in [1.29, 1.82) is 0 Å². The molecule has 0 fully saturated rings. The normalized spacial score (nSPS) is 12.7. The minimum absolute atomic E-state index is 0.240. The second-order valence-electron chi connectivity index (χ2n) is 5.16. The third-order valence-corrected chi connectivity index (χ3v) is 2.78. The third kappa shape index (κ3) is 6.32. The predicted molar refractivity (Wildman–Crippen MR) is 81.5 cm³/mol. The number of pyridine rings is 1. The van der Waals surface area contributed by atoms with Crippen molar-refractivity contribution >= 4 is 5.97 Å². The van der Waals surface area contributed by atoms with Crippen LogP contribution in [0.15, 0.2) is 47.7 Å². The largest absolute Gasteiger partial charge is 0.454 e. The third-order valence-electron chi connectivity index (χ3n) is 2.78. The summed E-state index contributed by atoms with van der Waals surface area (Å²) in [6, 6.07) is 5.20. The molecule has 20 heavy (non-hydrogen) atoms. The van der Waals surface area contributed by atoms with Crippen LogP contribution in [0.4, 0.5) is 0 Å². The van der Waals surface area contributed by atoms with E-state index >= 15 is 0 Å². The zero-order valence-electron chi connectivity index (χ0n) is 12.7. The van der Waals surface area contributed by atoms with Crippen molar-refractivity contribution in [1.82, 2.24) is 4.98 Å². The van der Waals surface area contributed by atoms with Crippen LogP contribution < -0.4 is 0 Å². The van der Waals surface area contributed by atoms with Gasteiger partial charge in [0.15, 0.2) is 0 Å². The lowest BCUT2D eigenvalue weighted by molar-refractivity contribution is 0.0416. The smallest absolute Gasteiger partial charge is 0.357 e. The summed E-state index contributed by atoms with van der Waals surface area (Å²) >= 11 is 0. The Morgan fingerprint density at radius 1 is 1.35 bits per heavy atom. The van der Waals surface area contributed by atoms with Crippen LogP contribution in [0.2, 0.25) is 0 Å². The number of esters is 1. The molecule has 0 N–H and O–H groups in total. The molecule has 0 aliphatic rings. The van der Waals surface area contributed by atoms with Crippen LogP contribution in [-0.4, -0.2) is 17.1 Å². The van der Waals surface area contributed by atoms with Gasteiger partial charge in [-0.25, -0.2) is 9.78 Å². The Labute approximate surface area is 121 Å². The molecule has 0 saturated carbocycles. The molecule has 0 aliphatic heterocycles. The lowest BCUT2D eigenvalue weighted by Gasteiger charge is -2.10. The highest BCUT2D eigenvalue weighted by molar-refractivity contribution is 5.87. The average molecular weight is 273 g/mol. The van der Waals surface area contributed by atoms with Crippen LogP contribution >= 0.6 is 0 Å². The summed E-state index contributed by atoms with van der Waals surface area (Å²) in [4.78, 5) is 15.8. The zero-order valence-corrected chi connectivity index (χ0v) is 12.7. The van der Waals surface area contributed by atoms with Gasteiger partial charge in [-0.05, 0) is 58.7 Å². The first-order valence-corrected chi connectivity index (χ1v) is 6.91. The van der Waals surface area contributed by atoms with Gasteiger partial charge in [0.1, 0.15) is 11.8 Å². The van der Waals surface area contributed by atoms with Gasteiger partial charge in [-0.3, -0.25) is 0 Å². The fourth-order valence-electron chi connectivity index (χ4n) is 1.82. The summed E-state index contributed by atoms with van der Waals surface area (Å²) in [5.74, 6) is -0.383. The van der Waals surface area contributed by atoms with Crippen LogP contribution in [0.1, 0.15) is 51.0 Å². The highest BCUT2D eigenvalue weighted by Crippen LogP contribution is 2.10. The Bertz CT molecular complexity index is 485. The van der Waals surface area contributed by atoms with Crippen LogP contribution in [0.3, 0.4) is 0 Å². The maximum atomic E-state index is 11.8. The molecule has 0 radical (unpaired) electrons. The molecule has 1 aromatic heterocycles. The van der Waals surface area contributed by atoms with Crippen molar-refractivity contribution in [2.45, 2.75) is 46.6 Å². The number of nitrogens with zero attached hydrogens (tertiary/aromatic N) is 1. The number of carbonyl (C=O) groups excluding carboxylic acids is 1. The van der Waals surface area contributed by atoms with E-state index in [2.05, 4.69) is 31.8 Å². The molecule has 1 rings (SSSR count). The topological polar surface area (TPSA) is 39.2 Å². The van der Waals surface area contributed by atoms with Gasteiger partial charge >= 0.3 is 5.97 Å². The van der Waals surface area contributed by atoms with Gasteiger partial charge < -0.3 is 4.74 Å². The summed E-state index contributed by atoms with van der Waals surface area (Å²) in [5.41, 5.74) is 2.89. The fourth-order valence-corrected chi connectivity index (χ4v) is 1.82. The average Bonchev–Trinajstić information content (AvgIpc) is 2.38. The van der Waals surface area contributed by atoms with E-state index in [1.807, 2.05) is 13.0 Å². The van der Waals surface area contributed by atoms with Gasteiger partial charge in [-0.1, -0.05) is 23.3 Å². The van der Waals surface area contributed by atoms with E-state index in [0.29, 0.717) is 5.69 Å². The first kappa shape index (κ1) is 16.2. The van der Waals surface area contributed by atoms with E-state index in [-0.39, 0.29) is 12.1 Å². The second-order valence-corrected chi connectivity index (χ2v) is 5.16. The van der Waals surface area contributed by atoms with Crippen LogP contribution in [0, 0.1) is 0 Å². The van der Waals surface area contributed by atoms with Crippen LogP contribution in [0.5, 0.6) is 0 Å². The molecule has 3 nitrogen and oxygen atoms in total. The molecule has 0 amide bonds. The van der Waals surface area contributed by atoms with E-state index in [0.717, 1.165) is 12.8 Å². The minimum atomic E-state index is -0.383. The number of allylic oxidation sites excluding steroid dienone is 3. The molecule has 3 heteroatoms. The molecule has 0 spiro atoms. The van der Waals surface area contributed by atoms with Crippen molar-refractivity contribution in [3.8, 4) is 0 Å². The summed E-state index contributed by atoms with van der Waals surface area (Å²) in [6.45, 7) is 8.11. The van der Waals surface area contributed by atoms with E-state index in [1.165, 1.54) is 11.1 Å². The maximum absolute atomic E-state index is 11.8. The van der Waals surface area contributed by atoms with E-state index in [1.54, 1.807) is 24.4 Å². The van der Waals surface area contributed by atoms with Crippen molar-refractivity contribution in [2.24, 2.45) is 0 Å². The Hall–Kier alpha value is -1.90. The number of ether oxygens (including phenoxy) is 1. The van der Waals surface area contributed by atoms with E-state index in [4.69, 9.17) is 4.74 Å². The Morgan fingerprint density at radius 3 is 2.70 bits per heavy atom. The van der Waals surface area contributed by atoms with Crippen LogP contribution in [-0.2, 0) is 4.74 Å². The molecule has 1 atom stereocenters. The summed E-state index contributed by atoms with van der Waals surface area (Å²) in [6.07, 6.45) is 7.54. The Kier molecular flexibility index (Phi) is 6.71. The highest BCUT2D eigenvalue weighted by atomic mass is 16.5. The number of hydrogen-bond donors (Lipinski definition) is 0. The van der Waals surface area contributed by atoms with E-state index in [9.17, 15) is 4.79 Å². The van der Waals surface area contributed by atoms with Gasteiger partial charge in [0.2, 0.25) is 0 Å². The zero-order chi connectivity index (χ0) is 15.0. The minimum Gasteiger partial charge on any atom is -0.454 e. The van der Waals surface area contributed by atoms with Gasteiger partial charge in [-0.15, -0.1) is 0 Å². The Balaban J connectivity index is 2.48. The van der Waals surface area contributed by atoms with Gasteiger partial charge in [0.25, 0.3) is 0 Å². The number of carbonyl (C=O) groups is 1. The molecular weight excluding hydrogens is 250 g/mol. The van der Waals surface area contributed by atoms with Gasteiger partial charge in [0, 0.05) is 6.20 Å². The summed E-state index contributed by atoms with van der Waals surface area (Å²) in [5, 5.41) is 0. The number of aromatic nitrogens is 1. The molecular formula is C17H23NO2. The summed E-state index contributed by atoms with van der Waals surface area (Å²) in [7, 11) is 0. The number of hydrogen-bond acceptors (Lipinski definition) is 3. The lowest BCUT2D eigenvalue weighted by atomic mass is 10.1. The van der Waals surface area contributed by atoms with Crippen molar-refractivity contribution < 1.29 is 9.53 Å². The molecule has 0 unspecified atom stereocenters. The highest BCUT2D eigenvalue weighted by Gasteiger charge is 2.11. The first-order chi connectivity index (χ1) is 9.49. The number of rotatable bonds is 6. The molecule has 1 aromatic rings. The summed E-state index contributed by atoms with van der Waals surface area (Å²) < 4.78 is 5.34. The molecule has 0 bridgehead atoms. The lowest BCUT2D eigenvalue weighted by Crippen LogP contribution is -2.14. The molecule has 0 saturated heterocycles. The van der Waals surface area contributed by atoms with Crippen molar-refractivity contribution in [2.75, 3.05) is 0 Å².